The SMILES string of the molecule is C=C(F)/C=C\C(=C/CF)[C@@H](c1ccc(F)cc1)[C@H](NC(=O)OC)C(=O)Nc1cccc(F)c1CC[C@@H]1CNCCO1. The summed E-state index contributed by atoms with van der Waals surface area (Å²) < 4.78 is 66.3. The van der Waals surface area contributed by atoms with Crippen molar-refractivity contribution in [2.75, 3.05) is 38.8 Å². The molecule has 41 heavy (non-hydrogen) atoms. The third-order valence-electron chi connectivity index (χ3n) is 6.53. The van der Waals surface area contributed by atoms with Crippen molar-refractivity contribution >= 4 is 17.7 Å². The van der Waals surface area contributed by atoms with Gasteiger partial charge >= 0.3 is 6.09 Å². The molecule has 1 heterocycles. The number of hydrogen-bond acceptors (Lipinski definition) is 5. The van der Waals surface area contributed by atoms with Crippen molar-refractivity contribution in [2.45, 2.75) is 30.9 Å². The maximum absolute atomic E-state index is 14.9. The van der Waals surface area contributed by atoms with E-state index in [0.29, 0.717) is 25.1 Å². The Kier molecular flexibility index (Phi) is 12.1. The topological polar surface area (TPSA) is 88.7 Å². The maximum atomic E-state index is 14.9. The van der Waals surface area contributed by atoms with Gasteiger partial charge in [-0.15, -0.1) is 0 Å². The molecule has 0 bridgehead atoms. The summed E-state index contributed by atoms with van der Waals surface area (Å²) in [6.45, 7) is 4.05. The molecular formula is C30H33F4N3O4. The van der Waals surface area contributed by atoms with Crippen molar-refractivity contribution in [1.82, 2.24) is 10.6 Å². The van der Waals surface area contributed by atoms with Gasteiger partial charge in [0, 0.05) is 30.3 Å². The molecule has 0 unspecified atom stereocenters. The van der Waals surface area contributed by atoms with Crippen molar-refractivity contribution in [3.05, 3.63) is 101 Å². The van der Waals surface area contributed by atoms with Gasteiger partial charge in [-0.05, 0) is 60.4 Å². The maximum Gasteiger partial charge on any atom is 0.407 e. The molecule has 0 aliphatic carbocycles. The van der Waals surface area contributed by atoms with Crippen LogP contribution in [0.15, 0.2) is 78.7 Å². The highest BCUT2D eigenvalue weighted by atomic mass is 19.1. The fourth-order valence-corrected chi connectivity index (χ4v) is 4.56. The molecule has 0 saturated carbocycles. The fourth-order valence-electron chi connectivity index (χ4n) is 4.56. The molecule has 2 aromatic rings. The van der Waals surface area contributed by atoms with E-state index in [1.165, 1.54) is 36.4 Å². The summed E-state index contributed by atoms with van der Waals surface area (Å²) in [4.78, 5) is 26.2. The summed E-state index contributed by atoms with van der Waals surface area (Å²) in [6, 6.07) is 7.71. The van der Waals surface area contributed by atoms with Crippen LogP contribution in [0, 0.1) is 11.6 Å². The Morgan fingerprint density at radius 2 is 1.95 bits per heavy atom. The zero-order valence-corrected chi connectivity index (χ0v) is 22.6. The molecule has 11 heteroatoms. The van der Waals surface area contributed by atoms with Crippen LogP contribution in [0.25, 0.3) is 0 Å². The molecule has 0 spiro atoms. The molecule has 2 aromatic carbocycles. The predicted molar refractivity (Wildman–Crippen MR) is 148 cm³/mol. The number of anilines is 1. The fraction of sp³-hybridized carbons (Fsp3) is 0.333. The zero-order valence-electron chi connectivity index (χ0n) is 22.6. The van der Waals surface area contributed by atoms with Crippen LogP contribution in [0.2, 0.25) is 0 Å². The Bertz CT molecular complexity index is 1260. The number of halogens is 4. The molecule has 7 nitrogen and oxygen atoms in total. The number of rotatable bonds is 12. The highest BCUT2D eigenvalue weighted by molar-refractivity contribution is 5.98. The number of allylic oxidation sites excluding steroid dienone is 4. The van der Waals surface area contributed by atoms with Crippen molar-refractivity contribution < 1.29 is 36.6 Å². The second kappa shape index (κ2) is 15.7. The summed E-state index contributed by atoms with van der Waals surface area (Å²) in [7, 11) is 1.09. The molecule has 3 atom stereocenters. The highest BCUT2D eigenvalue weighted by Crippen LogP contribution is 2.32. The van der Waals surface area contributed by atoms with Crippen LogP contribution in [0.1, 0.15) is 23.5 Å². The molecule has 2 amide bonds. The normalized spacial score (nSPS) is 17.1. The lowest BCUT2D eigenvalue weighted by molar-refractivity contribution is -0.118. The standard InChI is InChI=1S/C30H33F4N3O4/c1-19(32)6-7-21(14-15-31)27(20-8-10-22(33)11-9-20)28(37-30(39)40-2)29(38)36-26-5-3-4-25(34)24(26)13-12-23-18-35-16-17-41-23/h3-11,14,23,27-28,35H,1,12-13,15-18H2,2H3,(H,36,38)(H,37,39)/b7-6-,21-14+/t23-,27-,28+/m1/s1. The van der Waals surface area contributed by atoms with Crippen molar-refractivity contribution in [3.63, 3.8) is 0 Å². The number of benzene rings is 2. The van der Waals surface area contributed by atoms with E-state index in [0.717, 1.165) is 37.9 Å². The monoisotopic (exact) mass is 575 g/mol. The van der Waals surface area contributed by atoms with Gasteiger partial charge in [-0.3, -0.25) is 4.79 Å². The summed E-state index contributed by atoms with van der Waals surface area (Å²) in [5.74, 6) is -3.89. The molecule has 220 valence electrons. The minimum absolute atomic E-state index is 0.0934. The molecule has 1 fully saturated rings. The number of carbonyl (C=O) groups is 2. The Balaban J connectivity index is 2.01. The second-order valence-electron chi connectivity index (χ2n) is 9.27. The van der Waals surface area contributed by atoms with E-state index in [4.69, 9.17) is 9.47 Å². The van der Waals surface area contributed by atoms with Gasteiger partial charge in [-0.1, -0.05) is 30.9 Å². The van der Waals surface area contributed by atoms with Crippen LogP contribution < -0.4 is 16.0 Å². The van der Waals surface area contributed by atoms with Gasteiger partial charge in [-0.25, -0.2) is 22.4 Å². The smallest absolute Gasteiger partial charge is 0.407 e. The molecule has 1 aliphatic rings. The number of amides is 2. The zero-order chi connectivity index (χ0) is 29.8. The van der Waals surface area contributed by atoms with Crippen LogP contribution >= 0.6 is 0 Å². The van der Waals surface area contributed by atoms with E-state index >= 15 is 0 Å². The van der Waals surface area contributed by atoms with E-state index < -0.39 is 48.1 Å². The lowest BCUT2D eigenvalue weighted by atomic mass is 9.83. The molecule has 0 radical (unpaired) electrons. The lowest BCUT2D eigenvalue weighted by Gasteiger charge is -2.29. The molecule has 0 aromatic heterocycles. The Labute approximate surface area is 236 Å². The summed E-state index contributed by atoms with van der Waals surface area (Å²) >= 11 is 0. The van der Waals surface area contributed by atoms with Gasteiger partial charge in [-0.2, -0.15) is 0 Å². The van der Waals surface area contributed by atoms with Gasteiger partial charge < -0.3 is 25.4 Å². The molecule has 3 N–H and O–H groups in total. The van der Waals surface area contributed by atoms with E-state index in [9.17, 15) is 27.2 Å². The number of ether oxygens (including phenoxy) is 2. The number of nitrogens with one attached hydrogen (secondary N) is 3. The number of alkyl carbamates (subject to hydrolysis) is 1. The number of alkyl halides is 1. The Morgan fingerprint density at radius 3 is 2.59 bits per heavy atom. The van der Waals surface area contributed by atoms with Crippen LogP contribution in [0.3, 0.4) is 0 Å². The van der Waals surface area contributed by atoms with E-state index in [1.54, 1.807) is 0 Å². The first kappa shape index (κ1) is 31.6. The van der Waals surface area contributed by atoms with Crippen LogP contribution in [0.4, 0.5) is 28.0 Å². The quantitative estimate of drug-likeness (QED) is 0.237. The number of methoxy groups -OCH3 is 1. The minimum atomic E-state index is -1.48. The van der Waals surface area contributed by atoms with Crippen molar-refractivity contribution in [3.8, 4) is 0 Å². The average molecular weight is 576 g/mol. The third kappa shape index (κ3) is 9.29. The van der Waals surface area contributed by atoms with Gasteiger partial charge in [0.1, 0.15) is 30.2 Å². The lowest BCUT2D eigenvalue weighted by Crippen LogP contribution is -2.48. The molecule has 1 aliphatic heterocycles. The summed E-state index contributed by atoms with van der Waals surface area (Å²) in [5.41, 5.74) is 0.796. The predicted octanol–water partition coefficient (Wildman–Crippen LogP) is 5.27. The van der Waals surface area contributed by atoms with E-state index in [-0.39, 0.29) is 29.3 Å². The highest BCUT2D eigenvalue weighted by Gasteiger charge is 2.34. The third-order valence-corrected chi connectivity index (χ3v) is 6.53. The number of morpholine rings is 1. The van der Waals surface area contributed by atoms with E-state index in [1.807, 2.05) is 0 Å². The number of hydrogen-bond donors (Lipinski definition) is 3. The first-order valence-corrected chi connectivity index (χ1v) is 13.0. The molecule has 3 rings (SSSR count). The van der Waals surface area contributed by atoms with Gasteiger partial charge in [0.25, 0.3) is 0 Å². The van der Waals surface area contributed by atoms with Crippen molar-refractivity contribution in [2.24, 2.45) is 0 Å². The molecular weight excluding hydrogens is 542 g/mol. The van der Waals surface area contributed by atoms with Gasteiger partial charge in [0.15, 0.2) is 0 Å². The largest absolute Gasteiger partial charge is 0.453 e. The van der Waals surface area contributed by atoms with Gasteiger partial charge in [0.05, 0.1) is 19.8 Å². The summed E-state index contributed by atoms with van der Waals surface area (Å²) in [6.07, 6.45) is 2.89. The summed E-state index contributed by atoms with van der Waals surface area (Å²) in [5, 5.41) is 8.33. The average Bonchev–Trinajstić information content (AvgIpc) is 2.96. The van der Waals surface area contributed by atoms with Crippen LogP contribution in [-0.4, -0.2) is 57.6 Å². The number of carbonyl (C=O) groups excluding carboxylic acids is 2. The Hall–Kier alpha value is -3.96. The minimum Gasteiger partial charge on any atom is -0.453 e. The van der Waals surface area contributed by atoms with Gasteiger partial charge in [0.2, 0.25) is 5.91 Å². The second-order valence-corrected chi connectivity index (χ2v) is 9.27. The first-order valence-electron chi connectivity index (χ1n) is 13.0. The van der Waals surface area contributed by atoms with Crippen LogP contribution in [-0.2, 0) is 20.7 Å². The Morgan fingerprint density at radius 1 is 1.20 bits per heavy atom. The van der Waals surface area contributed by atoms with E-state index in [2.05, 4.69) is 22.5 Å². The van der Waals surface area contributed by atoms with Crippen molar-refractivity contribution in [1.29, 1.82) is 0 Å². The first-order chi connectivity index (χ1) is 19.7. The molecule has 1 saturated heterocycles. The van der Waals surface area contributed by atoms with Crippen LogP contribution in [0.5, 0.6) is 0 Å².